The van der Waals surface area contributed by atoms with Gasteiger partial charge in [-0.3, -0.25) is 9.89 Å². The molecule has 4 rings (SSSR count). The summed E-state index contributed by atoms with van der Waals surface area (Å²) in [6.07, 6.45) is 3.75. The molecular formula is C15H11N3. The maximum Gasteiger partial charge on any atom is 0.134 e. The van der Waals surface area contributed by atoms with Gasteiger partial charge >= 0.3 is 0 Å². The van der Waals surface area contributed by atoms with Crippen molar-refractivity contribution in [1.29, 1.82) is 0 Å². The smallest absolute Gasteiger partial charge is 0.134 e. The number of hydrogen-bond acceptors (Lipinski definition) is 3. The van der Waals surface area contributed by atoms with Crippen LogP contribution in [0.4, 0.5) is 17.1 Å². The molecule has 0 atom stereocenters. The average Bonchev–Trinajstić information content (AvgIpc) is 2.68. The molecule has 0 saturated heterocycles. The van der Waals surface area contributed by atoms with Crippen LogP contribution in [-0.2, 0) is 0 Å². The van der Waals surface area contributed by atoms with Crippen LogP contribution in [0.5, 0.6) is 0 Å². The third-order valence-corrected chi connectivity index (χ3v) is 3.24. The predicted octanol–water partition coefficient (Wildman–Crippen LogP) is 3.48. The molecule has 3 nitrogen and oxygen atoms in total. The van der Waals surface area contributed by atoms with Gasteiger partial charge in [0.05, 0.1) is 23.3 Å². The lowest BCUT2D eigenvalue weighted by Gasteiger charge is -2.20. The molecule has 18 heavy (non-hydrogen) atoms. The minimum atomic E-state index is 0.998. The highest BCUT2D eigenvalue weighted by molar-refractivity contribution is 5.96. The van der Waals surface area contributed by atoms with Crippen molar-refractivity contribution in [2.24, 2.45) is 4.99 Å². The molecule has 0 aromatic heterocycles. The van der Waals surface area contributed by atoms with Crippen molar-refractivity contribution >= 4 is 23.3 Å². The van der Waals surface area contributed by atoms with Gasteiger partial charge in [0.25, 0.3) is 0 Å². The molecule has 0 aliphatic carbocycles. The van der Waals surface area contributed by atoms with Crippen LogP contribution in [-0.4, -0.2) is 6.21 Å². The SMILES string of the molecule is C1=NC=C2Nc3ccccc3N2c2ccccc21. The van der Waals surface area contributed by atoms with E-state index in [1.807, 2.05) is 24.5 Å². The Morgan fingerprint density at radius 3 is 2.61 bits per heavy atom. The summed E-state index contributed by atoms with van der Waals surface area (Å²) >= 11 is 0. The minimum Gasteiger partial charge on any atom is -0.338 e. The molecule has 86 valence electrons. The topological polar surface area (TPSA) is 27.6 Å². The van der Waals surface area contributed by atoms with Gasteiger partial charge < -0.3 is 5.32 Å². The fourth-order valence-corrected chi connectivity index (χ4v) is 2.44. The van der Waals surface area contributed by atoms with Crippen molar-refractivity contribution in [3.63, 3.8) is 0 Å². The van der Waals surface area contributed by atoms with E-state index in [0.29, 0.717) is 0 Å². The Bertz CT molecular complexity index is 686. The Hall–Kier alpha value is -2.55. The van der Waals surface area contributed by atoms with Crippen molar-refractivity contribution < 1.29 is 0 Å². The van der Waals surface area contributed by atoms with Crippen LogP contribution in [0.3, 0.4) is 0 Å². The Balaban J connectivity index is 2.00. The summed E-state index contributed by atoms with van der Waals surface area (Å²) in [5.74, 6) is 0.998. The van der Waals surface area contributed by atoms with Gasteiger partial charge in [-0.25, -0.2) is 0 Å². The molecule has 3 heteroatoms. The van der Waals surface area contributed by atoms with Crippen molar-refractivity contribution in [1.82, 2.24) is 0 Å². The van der Waals surface area contributed by atoms with E-state index in [-0.39, 0.29) is 0 Å². The first kappa shape index (κ1) is 9.48. The molecule has 0 spiro atoms. The van der Waals surface area contributed by atoms with E-state index < -0.39 is 0 Å². The molecular weight excluding hydrogens is 222 g/mol. The van der Waals surface area contributed by atoms with E-state index in [9.17, 15) is 0 Å². The first-order valence-electron chi connectivity index (χ1n) is 5.92. The molecule has 0 radical (unpaired) electrons. The zero-order valence-corrected chi connectivity index (χ0v) is 9.67. The van der Waals surface area contributed by atoms with Crippen LogP contribution in [0.15, 0.2) is 65.5 Å². The second kappa shape index (κ2) is 3.47. The Kier molecular flexibility index (Phi) is 1.83. The molecule has 0 bridgehead atoms. The molecule has 0 amide bonds. The highest BCUT2D eigenvalue weighted by Gasteiger charge is 2.26. The summed E-state index contributed by atoms with van der Waals surface area (Å²) < 4.78 is 0. The number of benzene rings is 2. The summed E-state index contributed by atoms with van der Waals surface area (Å²) in [5.41, 5.74) is 4.57. The number of nitrogens with zero attached hydrogens (tertiary/aromatic N) is 2. The van der Waals surface area contributed by atoms with Gasteiger partial charge in [-0.05, 0) is 18.2 Å². The van der Waals surface area contributed by atoms with Crippen LogP contribution >= 0.6 is 0 Å². The maximum atomic E-state index is 4.35. The minimum absolute atomic E-state index is 0.998. The second-order valence-electron chi connectivity index (χ2n) is 4.33. The Morgan fingerprint density at radius 1 is 0.889 bits per heavy atom. The lowest BCUT2D eigenvalue weighted by atomic mass is 10.1. The first-order valence-corrected chi connectivity index (χ1v) is 5.92. The van der Waals surface area contributed by atoms with E-state index >= 15 is 0 Å². The lowest BCUT2D eigenvalue weighted by Crippen LogP contribution is -2.14. The summed E-state index contributed by atoms with van der Waals surface area (Å²) in [7, 11) is 0. The van der Waals surface area contributed by atoms with Gasteiger partial charge in [-0.1, -0.05) is 30.3 Å². The molecule has 2 aliphatic rings. The summed E-state index contributed by atoms with van der Waals surface area (Å²) in [6.45, 7) is 0. The van der Waals surface area contributed by atoms with Crippen LogP contribution in [0.2, 0.25) is 0 Å². The van der Waals surface area contributed by atoms with Crippen molar-refractivity contribution in [2.75, 3.05) is 10.2 Å². The fraction of sp³-hybridized carbons (Fsp3) is 0. The number of anilines is 3. The molecule has 2 aromatic rings. The van der Waals surface area contributed by atoms with Gasteiger partial charge in [0.1, 0.15) is 5.82 Å². The number of aliphatic imine (C=N–C) groups is 1. The molecule has 0 saturated carbocycles. The normalized spacial score (nSPS) is 15.1. The van der Waals surface area contributed by atoms with Crippen LogP contribution in [0, 0.1) is 0 Å². The standard InChI is InChI=1S/C15H11N3/c1-3-7-13-11(5-1)9-16-10-15-17-12-6-2-4-8-14(12)18(13)15/h1-10,17H. The summed E-state index contributed by atoms with van der Waals surface area (Å²) in [5, 5.41) is 3.39. The average molecular weight is 233 g/mol. The van der Waals surface area contributed by atoms with E-state index in [1.54, 1.807) is 0 Å². The third kappa shape index (κ3) is 1.21. The zero-order valence-electron chi connectivity index (χ0n) is 9.67. The number of hydrogen-bond donors (Lipinski definition) is 1. The zero-order chi connectivity index (χ0) is 11.9. The van der Waals surface area contributed by atoms with Gasteiger partial charge in [0.2, 0.25) is 0 Å². The number of nitrogens with one attached hydrogen (secondary N) is 1. The number of para-hydroxylation sites is 3. The van der Waals surface area contributed by atoms with Crippen molar-refractivity contribution in [3.05, 3.63) is 66.1 Å². The predicted molar refractivity (Wildman–Crippen MR) is 74.3 cm³/mol. The molecule has 1 N–H and O–H groups in total. The molecule has 2 aliphatic heterocycles. The van der Waals surface area contributed by atoms with Crippen LogP contribution in [0.1, 0.15) is 5.56 Å². The largest absolute Gasteiger partial charge is 0.338 e. The first-order chi connectivity index (χ1) is 8.93. The highest BCUT2D eigenvalue weighted by Crippen LogP contribution is 2.43. The van der Waals surface area contributed by atoms with E-state index in [4.69, 9.17) is 0 Å². The maximum absolute atomic E-state index is 4.35. The highest BCUT2D eigenvalue weighted by atomic mass is 15.3. The van der Waals surface area contributed by atoms with Gasteiger partial charge in [0, 0.05) is 11.8 Å². The number of fused-ring (bicyclic) bond motifs is 5. The lowest BCUT2D eigenvalue weighted by molar-refractivity contribution is 1.22. The van der Waals surface area contributed by atoms with Crippen molar-refractivity contribution in [3.8, 4) is 0 Å². The quantitative estimate of drug-likeness (QED) is 0.754. The van der Waals surface area contributed by atoms with Gasteiger partial charge in [0.15, 0.2) is 0 Å². The van der Waals surface area contributed by atoms with Crippen molar-refractivity contribution in [2.45, 2.75) is 0 Å². The van der Waals surface area contributed by atoms with Crippen LogP contribution < -0.4 is 10.2 Å². The Labute approximate surface area is 105 Å². The van der Waals surface area contributed by atoms with E-state index in [2.05, 4.69) is 51.6 Å². The monoisotopic (exact) mass is 233 g/mol. The summed E-state index contributed by atoms with van der Waals surface area (Å²) in [4.78, 5) is 6.55. The molecule has 2 aromatic carbocycles. The van der Waals surface area contributed by atoms with Gasteiger partial charge in [-0.15, -0.1) is 0 Å². The number of rotatable bonds is 0. The second-order valence-corrected chi connectivity index (χ2v) is 4.33. The van der Waals surface area contributed by atoms with E-state index in [0.717, 1.165) is 22.8 Å². The third-order valence-electron chi connectivity index (χ3n) is 3.24. The molecule has 0 fully saturated rings. The fourth-order valence-electron chi connectivity index (χ4n) is 2.44. The van der Waals surface area contributed by atoms with Gasteiger partial charge in [-0.2, -0.15) is 0 Å². The summed E-state index contributed by atoms with van der Waals surface area (Å²) in [6, 6.07) is 16.6. The van der Waals surface area contributed by atoms with E-state index in [1.165, 1.54) is 5.69 Å². The molecule has 0 unspecified atom stereocenters. The molecule has 2 heterocycles. The Morgan fingerprint density at radius 2 is 1.67 bits per heavy atom. The van der Waals surface area contributed by atoms with Crippen LogP contribution in [0.25, 0.3) is 0 Å².